The fourth-order valence-corrected chi connectivity index (χ4v) is 4.76. The number of nitrogens with two attached hydrogens (primary N) is 2. The Kier molecular flexibility index (Phi) is 6.92. The highest BCUT2D eigenvalue weighted by molar-refractivity contribution is 7.89. The number of carbonyl (C=O) groups excluding carboxylic acids is 1. The molecule has 0 radical (unpaired) electrons. The number of benzene rings is 2. The third-order valence-electron chi connectivity index (χ3n) is 6.07. The van der Waals surface area contributed by atoms with Gasteiger partial charge >= 0.3 is 0 Å². The molecular formula is C24H28N6O3S. The molecular weight excluding hydrogens is 452 g/mol. The molecule has 1 unspecified atom stereocenters. The van der Waals surface area contributed by atoms with Gasteiger partial charge in [-0.3, -0.25) is 9.69 Å². The monoisotopic (exact) mass is 480 g/mol. The zero-order chi connectivity index (χ0) is 24.3. The Morgan fingerprint density at radius 3 is 2.71 bits per heavy atom. The topological polar surface area (TPSA) is 136 Å². The maximum Gasteiger partial charge on any atom is 0.238 e. The van der Waals surface area contributed by atoms with Crippen molar-refractivity contribution in [1.82, 2.24) is 14.9 Å². The molecule has 3 aromatic rings. The maximum atomic E-state index is 11.7. The summed E-state index contributed by atoms with van der Waals surface area (Å²) in [7, 11) is -2.00. The summed E-state index contributed by atoms with van der Waals surface area (Å²) in [5, 5.41) is 5.27. The van der Waals surface area contributed by atoms with Crippen LogP contribution in [0.2, 0.25) is 0 Å². The molecule has 2 heterocycles. The van der Waals surface area contributed by atoms with Crippen molar-refractivity contribution in [3.63, 3.8) is 0 Å². The van der Waals surface area contributed by atoms with Crippen LogP contribution >= 0.6 is 0 Å². The van der Waals surface area contributed by atoms with E-state index >= 15 is 0 Å². The molecule has 9 nitrogen and oxygen atoms in total. The molecule has 178 valence electrons. The zero-order valence-electron chi connectivity index (χ0n) is 19.0. The van der Waals surface area contributed by atoms with Gasteiger partial charge in [0.2, 0.25) is 15.9 Å². The van der Waals surface area contributed by atoms with Gasteiger partial charge in [-0.25, -0.2) is 23.5 Å². The highest BCUT2D eigenvalue weighted by Gasteiger charge is 2.24. The predicted octanol–water partition coefficient (Wildman–Crippen LogP) is 2.26. The van der Waals surface area contributed by atoms with E-state index in [1.807, 2.05) is 18.2 Å². The van der Waals surface area contributed by atoms with Gasteiger partial charge in [-0.1, -0.05) is 24.3 Å². The number of primary amides is 1. The van der Waals surface area contributed by atoms with Gasteiger partial charge in [-0.2, -0.15) is 0 Å². The lowest BCUT2D eigenvalue weighted by Gasteiger charge is -2.31. The van der Waals surface area contributed by atoms with Gasteiger partial charge in [-0.05, 0) is 49.2 Å². The van der Waals surface area contributed by atoms with Crippen LogP contribution in [0.5, 0.6) is 0 Å². The van der Waals surface area contributed by atoms with Crippen LogP contribution in [0.1, 0.15) is 18.4 Å². The summed E-state index contributed by atoms with van der Waals surface area (Å²) in [5.74, 6) is 0.289. The Hall–Kier alpha value is -3.34. The van der Waals surface area contributed by atoms with Gasteiger partial charge in [0.15, 0.2) is 0 Å². The molecule has 4 rings (SSSR count). The minimum Gasteiger partial charge on any atom is -0.369 e. The second-order valence-electron chi connectivity index (χ2n) is 8.54. The van der Waals surface area contributed by atoms with E-state index in [-0.39, 0.29) is 16.7 Å². The SMILES string of the molecule is CN(c1cccc(S(N)(=O)=O)c1)c1cc(-c2cccc(CN3CCCC(C(N)=O)C3)c2)ncn1. The Bertz CT molecular complexity index is 1300. The number of anilines is 2. The van der Waals surface area contributed by atoms with Gasteiger partial charge < -0.3 is 10.6 Å². The third-order valence-corrected chi connectivity index (χ3v) is 6.98. The molecule has 1 fully saturated rings. The molecule has 0 aliphatic carbocycles. The minimum atomic E-state index is -3.81. The van der Waals surface area contributed by atoms with E-state index in [0.29, 0.717) is 18.1 Å². The summed E-state index contributed by atoms with van der Waals surface area (Å²) < 4.78 is 23.4. The molecule has 1 atom stereocenters. The Morgan fingerprint density at radius 1 is 1.15 bits per heavy atom. The van der Waals surface area contributed by atoms with Gasteiger partial charge in [-0.15, -0.1) is 0 Å². The number of hydrogen-bond donors (Lipinski definition) is 2. The van der Waals surface area contributed by atoms with E-state index < -0.39 is 10.0 Å². The minimum absolute atomic E-state index is 0.0371. The number of aromatic nitrogens is 2. The molecule has 10 heteroatoms. The highest BCUT2D eigenvalue weighted by Crippen LogP contribution is 2.27. The van der Waals surface area contributed by atoms with Crippen molar-refractivity contribution in [2.75, 3.05) is 25.0 Å². The predicted molar refractivity (Wildman–Crippen MR) is 131 cm³/mol. The van der Waals surface area contributed by atoms with Gasteiger partial charge in [0, 0.05) is 37.5 Å². The fraction of sp³-hybridized carbons (Fsp3) is 0.292. The van der Waals surface area contributed by atoms with Gasteiger partial charge in [0.1, 0.15) is 12.1 Å². The summed E-state index contributed by atoms with van der Waals surface area (Å²) in [4.78, 5) is 24.5. The van der Waals surface area contributed by atoms with E-state index in [2.05, 4.69) is 27.0 Å². The first-order chi connectivity index (χ1) is 16.2. The lowest BCUT2D eigenvalue weighted by molar-refractivity contribution is -0.123. The van der Waals surface area contributed by atoms with Crippen LogP contribution in [0.3, 0.4) is 0 Å². The molecule has 4 N–H and O–H groups in total. The van der Waals surface area contributed by atoms with Crippen LogP contribution in [-0.2, 0) is 21.4 Å². The largest absolute Gasteiger partial charge is 0.369 e. The molecule has 1 aromatic heterocycles. The number of likely N-dealkylation sites (tertiary alicyclic amines) is 1. The molecule has 1 saturated heterocycles. The quantitative estimate of drug-likeness (QED) is 0.529. The van der Waals surface area contributed by atoms with Crippen LogP contribution < -0.4 is 15.8 Å². The van der Waals surface area contributed by atoms with E-state index in [1.54, 1.807) is 24.1 Å². The second-order valence-corrected chi connectivity index (χ2v) is 10.1. The van der Waals surface area contributed by atoms with Crippen LogP contribution in [0.4, 0.5) is 11.5 Å². The van der Waals surface area contributed by atoms with Gasteiger partial charge in [0.05, 0.1) is 16.5 Å². The summed E-state index contributed by atoms with van der Waals surface area (Å²) >= 11 is 0. The average molecular weight is 481 g/mol. The van der Waals surface area contributed by atoms with Crippen LogP contribution in [0, 0.1) is 5.92 Å². The molecule has 0 bridgehead atoms. The molecule has 0 saturated carbocycles. The normalized spacial score (nSPS) is 16.8. The smallest absolute Gasteiger partial charge is 0.238 e. The standard InChI is InChI=1S/C24H28N6O3S/c1-29(20-8-3-9-21(12-20)34(26,32)33)23-13-22(27-16-28-23)18-6-2-5-17(11-18)14-30-10-4-7-19(15-30)24(25)31/h2-3,5-6,8-9,11-13,16,19H,4,7,10,14-15H2,1H3,(H2,25,31)(H2,26,32,33). The number of carbonyl (C=O) groups is 1. The van der Waals surface area contributed by atoms with Gasteiger partial charge in [0.25, 0.3) is 0 Å². The van der Waals surface area contributed by atoms with E-state index in [0.717, 1.165) is 42.8 Å². The number of sulfonamides is 1. The number of primary sulfonamides is 1. The van der Waals surface area contributed by atoms with Crippen molar-refractivity contribution in [3.8, 4) is 11.3 Å². The summed E-state index contributed by atoms with van der Waals surface area (Å²) in [6, 6.07) is 16.4. The van der Waals surface area contributed by atoms with Crippen LogP contribution in [0.15, 0.2) is 65.8 Å². The van der Waals surface area contributed by atoms with Crippen LogP contribution in [-0.4, -0.2) is 49.3 Å². The van der Waals surface area contributed by atoms with Crippen molar-refractivity contribution in [3.05, 3.63) is 66.5 Å². The first-order valence-electron chi connectivity index (χ1n) is 11.0. The van der Waals surface area contributed by atoms with Crippen molar-refractivity contribution in [2.45, 2.75) is 24.3 Å². The van der Waals surface area contributed by atoms with Crippen molar-refractivity contribution < 1.29 is 13.2 Å². The second kappa shape index (κ2) is 9.88. The Balaban J connectivity index is 1.55. The number of piperidine rings is 1. The summed E-state index contributed by atoms with van der Waals surface area (Å²) in [6.45, 7) is 2.35. The molecule has 1 aliphatic heterocycles. The molecule has 1 amide bonds. The molecule has 2 aromatic carbocycles. The van der Waals surface area contributed by atoms with E-state index in [4.69, 9.17) is 10.9 Å². The number of nitrogens with zero attached hydrogens (tertiary/aromatic N) is 4. The summed E-state index contributed by atoms with van der Waals surface area (Å²) in [6.07, 6.45) is 3.30. The van der Waals surface area contributed by atoms with Crippen molar-refractivity contribution in [2.24, 2.45) is 16.8 Å². The average Bonchev–Trinajstić information content (AvgIpc) is 2.83. The van der Waals surface area contributed by atoms with Crippen molar-refractivity contribution in [1.29, 1.82) is 0 Å². The molecule has 34 heavy (non-hydrogen) atoms. The number of rotatable bonds is 7. The summed E-state index contributed by atoms with van der Waals surface area (Å²) in [5.41, 5.74) is 8.96. The fourth-order valence-electron chi connectivity index (χ4n) is 4.21. The Morgan fingerprint density at radius 2 is 1.94 bits per heavy atom. The number of amides is 1. The number of hydrogen-bond acceptors (Lipinski definition) is 7. The first-order valence-corrected chi connectivity index (χ1v) is 12.5. The van der Waals surface area contributed by atoms with E-state index in [9.17, 15) is 13.2 Å². The first kappa shape index (κ1) is 23.8. The van der Waals surface area contributed by atoms with E-state index in [1.165, 1.54) is 18.5 Å². The molecule has 0 spiro atoms. The third kappa shape index (κ3) is 5.58. The van der Waals surface area contributed by atoms with Crippen LogP contribution in [0.25, 0.3) is 11.3 Å². The highest BCUT2D eigenvalue weighted by atomic mass is 32.2. The lowest BCUT2D eigenvalue weighted by Crippen LogP contribution is -2.40. The molecule has 1 aliphatic rings. The zero-order valence-corrected chi connectivity index (χ0v) is 19.8. The van der Waals surface area contributed by atoms with Crippen molar-refractivity contribution >= 4 is 27.4 Å². The Labute approximate surface area is 199 Å². The lowest BCUT2D eigenvalue weighted by atomic mass is 9.97. The maximum absolute atomic E-state index is 11.7.